The number of carbonyl (C=O) groups is 1. The monoisotopic (exact) mass is 503 g/mol. The van der Waals surface area contributed by atoms with E-state index in [1.54, 1.807) is 12.1 Å². The fourth-order valence-corrected chi connectivity index (χ4v) is 4.41. The Bertz CT molecular complexity index is 1310. The standard InChI is InChI=1S/C25H21F4N3O4/c1-24(34)16-8-14(9-17(26)11-16)21-10-15(12-30-22(21)32-7-6-20(13-32)35-24)23(33)31-18-2-4-19(5-3-18)36-25(27,28)29/h2-5,8-12,20,34H,6-7,13H2,1H3,(H,31,33). The molecule has 11 heteroatoms. The first kappa shape index (κ1) is 24.0. The van der Waals surface area contributed by atoms with Crippen molar-refractivity contribution in [3.8, 4) is 16.9 Å². The number of halogens is 4. The number of nitrogens with zero attached hydrogens (tertiary/aromatic N) is 2. The highest BCUT2D eigenvalue weighted by molar-refractivity contribution is 6.05. The second-order valence-electron chi connectivity index (χ2n) is 8.81. The van der Waals surface area contributed by atoms with Crippen molar-refractivity contribution >= 4 is 17.4 Å². The van der Waals surface area contributed by atoms with E-state index in [9.17, 15) is 27.5 Å². The number of hydrogen-bond donors (Lipinski definition) is 2. The summed E-state index contributed by atoms with van der Waals surface area (Å²) in [6, 6.07) is 10.4. The van der Waals surface area contributed by atoms with E-state index in [0.717, 1.165) is 12.1 Å². The molecule has 1 aromatic heterocycles. The lowest BCUT2D eigenvalue weighted by Crippen LogP contribution is -2.34. The Morgan fingerprint density at radius 3 is 2.69 bits per heavy atom. The molecular weight excluding hydrogens is 482 g/mol. The lowest BCUT2D eigenvalue weighted by Gasteiger charge is -2.30. The van der Waals surface area contributed by atoms with Gasteiger partial charge in [-0.1, -0.05) is 0 Å². The van der Waals surface area contributed by atoms with Crippen molar-refractivity contribution in [2.45, 2.75) is 31.6 Å². The predicted octanol–water partition coefficient (Wildman–Crippen LogP) is 4.81. The second-order valence-corrected chi connectivity index (χ2v) is 8.81. The summed E-state index contributed by atoms with van der Waals surface area (Å²) in [5.41, 5.74) is 1.55. The van der Waals surface area contributed by atoms with Crippen LogP contribution in [-0.2, 0) is 10.5 Å². The van der Waals surface area contributed by atoms with Crippen LogP contribution in [0.15, 0.2) is 54.7 Å². The van der Waals surface area contributed by atoms with Crippen LogP contribution in [0.1, 0.15) is 29.3 Å². The molecule has 3 heterocycles. The van der Waals surface area contributed by atoms with Crippen molar-refractivity contribution in [1.82, 2.24) is 4.98 Å². The number of pyridine rings is 1. The Labute approximate surface area is 203 Å². The Hall–Kier alpha value is -3.70. The van der Waals surface area contributed by atoms with Gasteiger partial charge in [0.1, 0.15) is 17.4 Å². The van der Waals surface area contributed by atoms with Gasteiger partial charge in [0.05, 0.1) is 11.7 Å². The minimum Gasteiger partial charge on any atom is -0.406 e. The summed E-state index contributed by atoms with van der Waals surface area (Å²) in [5.74, 6) is -2.72. The van der Waals surface area contributed by atoms with Crippen LogP contribution in [0, 0.1) is 5.82 Å². The first-order chi connectivity index (χ1) is 17.0. The summed E-state index contributed by atoms with van der Waals surface area (Å²) in [7, 11) is 0. The molecule has 2 unspecified atom stereocenters. The number of aliphatic hydroxyl groups is 1. The summed E-state index contributed by atoms with van der Waals surface area (Å²) >= 11 is 0. The fourth-order valence-electron chi connectivity index (χ4n) is 4.41. The van der Waals surface area contributed by atoms with Gasteiger partial charge in [-0.25, -0.2) is 9.37 Å². The maximum Gasteiger partial charge on any atom is 0.573 e. The SMILES string of the molecule is CC1(O)OC2CCN(C2)c2ncc(C(=O)Nc3ccc(OC(F)(F)F)cc3)cc2-c2cc(F)cc1c2. The average molecular weight is 503 g/mol. The van der Waals surface area contributed by atoms with E-state index >= 15 is 0 Å². The number of benzene rings is 2. The molecule has 1 fully saturated rings. The molecule has 2 aliphatic heterocycles. The van der Waals surface area contributed by atoms with Gasteiger partial charge in [-0.2, -0.15) is 0 Å². The Morgan fingerprint density at radius 2 is 1.97 bits per heavy atom. The average Bonchev–Trinajstić information content (AvgIpc) is 3.25. The van der Waals surface area contributed by atoms with Crippen LogP contribution in [0.3, 0.4) is 0 Å². The fraction of sp³-hybridized carbons (Fsp3) is 0.280. The minimum atomic E-state index is -4.82. The minimum absolute atomic E-state index is 0.158. The van der Waals surface area contributed by atoms with E-state index in [0.29, 0.717) is 36.5 Å². The highest BCUT2D eigenvalue weighted by Crippen LogP contribution is 2.38. The zero-order valence-corrected chi connectivity index (χ0v) is 19.0. The van der Waals surface area contributed by atoms with Gasteiger partial charge in [-0.05, 0) is 67.4 Å². The molecule has 1 amide bonds. The van der Waals surface area contributed by atoms with Crippen molar-refractivity contribution in [2.75, 3.05) is 23.3 Å². The second kappa shape index (κ2) is 8.75. The maximum absolute atomic E-state index is 14.6. The van der Waals surface area contributed by atoms with E-state index < -0.39 is 29.6 Å². The number of rotatable bonds is 3. The zero-order valence-electron chi connectivity index (χ0n) is 19.0. The van der Waals surface area contributed by atoms with E-state index in [1.807, 2.05) is 4.90 Å². The van der Waals surface area contributed by atoms with E-state index in [4.69, 9.17) is 4.74 Å². The number of carbonyl (C=O) groups excluding carboxylic acids is 1. The normalized spacial score (nSPS) is 21.1. The molecule has 5 rings (SSSR count). The van der Waals surface area contributed by atoms with Crippen molar-refractivity contribution in [1.29, 1.82) is 0 Å². The number of ether oxygens (including phenoxy) is 2. The molecule has 188 valence electrons. The molecule has 4 bridgehead atoms. The summed E-state index contributed by atoms with van der Waals surface area (Å²) in [6.07, 6.45) is -3.11. The van der Waals surface area contributed by atoms with Gasteiger partial charge >= 0.3 is 6.36 Å². The molecule has 7 nitrogen and oxygen atoms in total. The van der Waals surface area contributed by atoms with Crippen LogP contribution < -0.4 is 15.0 Å². The molecule has 36 heavy (non-hydrogen) atoms. The largest absolute Gasteiger partial charge is 0.573 e. The zero-order chi connectivity index (χ0) is 25.7. The van der Waals surface area contributed by atoms with Gasteiger partial charge in [-0.15, -0.1) is 13.2 Å². The van der Waals surface area contributed by atoms with E-state index in [2.05, 4.69) is 15.0 Å². The van der Waals surface area contributed by atoms with Crippen LogP contribution in [0.4, 0.5) is 29.1 Å². The smallest absolute Gasteiger partial charge is 0.406 e. The van der Waals surface area contributed by atoms with Gasteiger partial charge < -0.3 is 24.8 Å². The number of alkyl halides is 3. The van der Waals surface area contributed by atoms with Crippen molar-refractivity contribution < 1.29 is 36.9 Å². The highest BCUT2D eigenvalue weighted by Gasteiger charge is 2.36. The summed E-state index contributed by atoms with van der Waals surface area (Å²) in [6.45, 7) is 2.52. The van der Waals surface area contributed by atoms with Crippen LogP contribution in [0.25, 0.3) is 11.1 Å². The van der Waals surface area contributed by atoms with Gasteiger partial charge in [-0.3, -0.25) is 4.79 Å². The molecule has 0 radical (unpaired) electrons. The summed E-state index contributed by atoms with van der Waals surface area (Å²) < 4.78 is 61.4. The van der Waals surface area contributed by atoms with Gasteiger partial charge in [0.15, 0.2) is 5.79 Å². The number of anilines is 2. The number of aromatic nitrogens is 1. The van der Waals surface area contributed by atoms with Crippen molar-refractivity contribution in [2.24, 2.45) is 0 Å². The first-order valence-electron chi connectivity index (χ1n) is 11.1. The Morgan fingerprint density at radius 1 is 1.22 bits per heavy atom. The Kier molecular flexibility index (Phi) is 5.84. The molecule has 1 saturated heterocycles. The first-order valence-corrected chi connectivity index (χ1v) is 11.1. The van der Waals surface area contributed by atoms with Crippen LogP contribution in [0.5, 0.6) is 5.75 Å². The molecule has 0 saturated carbocycles. The maximum atomic E-state index is 14.6. The third kappa shape index (κ3) is 4.98. The molecular formula is C25H21F4N3O4. The lowest BCUT2D eigenvalue weighted by molar-refractivity contribution is -0.274. The summed E-state index contributed by atoms with van der Waals surface area (Å²) in [4.78, 5) is 19.4. The van der Waals surface area contributed by atoms with Crippen LogP contribution in [0.2, 0.25) is 0 Å². The Balaban J connectivity index is 1.48. The topological polar surface area (TPSA) is 83.9 Å². The molecule has 2 atom stereocenters. The molecule has 0 spiro atoms. The van der Waals surface area contributed by atoms with E-state index in [-0.39, 0.29) is 22.9 Å². The number of amides is 1. The van der Waals surface area contributed by atoms with Crippen LogP contribution >= 0.6 is 0 Å². The number of nitrogens with one attached hydrogen (secondary N) is 1. The molecule has 2 aromatic carbocycles. The molecule has 3 aromatic rings. The van der Waals surface area contributed by atoms with Gasteiger partial charge in [0.2, 0.25) is 0 Å². The van der Waals surface area contributed by atoms with Gasteiger partial charge in [0.25, 0.3) is 5.91 Å². The molecule has 2 N–H and O–H groups in total. The molecule has 2 aliphatic rings. The highest BCUT2D eigenvalue weighted by atomic mass is 19.4. The van der Waals surface area contributed by atoms with Crippen LogP contribution in [-0.4, -0.2) is 41.6 Å². The third-order valence-electron chi connectivity index (χ3n) is 6.06. The van der Waals surface area contributed by atoms with E-state index in [1.165, 1.54) is 37.4 Å². The lowest BCUT2D eigenvalue weighted by atomic mass is 9.97. The quantitative estimate of drug-likeness (QED) is 0.499. The number of fused-ring (bicyclic) bond motifs is 7. The third-order valence-corrected chi connectivity index (χ3v) is 6.06. The van der Waals surface area contributed by atoms with Crippen molar-refractivity contribution in [3.05, 3.63) is 71.7 Å². The summed E-state index contributed by atoms with van der Waals surface area (Å²) in [5, 5.41) is 13.5. The van der Waals surface area contributed by atoms with Crippen molar-refractivity contribution in [3.63, 3.8) is 0 Å². The number of hydrogen-bond acceptors (Lipinski definition) is 6. The molecule has 0 aliphatic carbocycles. The predicted molar refractivity (Wildman–Crippen MR) is 122 cm³/mol. The van der Waals surface area contributed by atoms with Gasteiger partial charge in [0, 0.05) is 36.1 Å².